The fourth-order valence-corrected chi connectivity index (χ4v) is 4.08. The molecule has 3 heterocycles. The lowest BCUT2D eigenvalue weighted by molar-refractivity contribution is -0.137. The average Bonchev–Trinajstić information content (AvgIpc) is 2.74. The summed E-state index contributed by atoms with van der Waals surface area (Å²) in [5.41, 5.74) is -1.40. The van der Waals surface area contributed by atoms with Crippen LogP contribution >= 0.6 is 0 Å². The minimum atomic E-state index is -4.59. The van der Waals surface area contributed by atoms with E-state index < -0.39 is 23.2 Å². The van der Waals surface area contributed by atoms with E-state index in [2.05, 4.69) is 20.2 Å². The standard InChI is InChI=1S/C23H24F4N4O/c1-22(32,15-7-9-31(2)10-8-15)20-6-3-14-13-28-21(12-18(14)29-20)30-19-11-16(23(25,26)27)4-5-17(19)24/h3-6,11-13,15,32H,7-10H2,1-2H3,(H,28,30)/t22-/m1/s1. The van der Waals surface area contributed by atoms with Gasteiger partial charge in [0.15, 0.2) is 0 Å². The topological polar surface area (TPSA) is 61.3 Å². The maximum Gasteiger partial charge on any atom is 0.416 e. The average molecular weight is 448 g/mol. The third kappa shape index (κ3) is 4.54. The smallest absolute Gasteiger partial charge is 0.384 e. The molecule has 0 aliphatic carbocycles. The highest BCUT2D eigenvalue weighted by Gasteiger charge is 2.36. The molecule has 1 aliphatic rings. The van der Waals surface area contributed by atoms with E-state index in [-0.39, 0.29) is 17.4 Å². The monoisotopic (exact) mass is 448 g/mol. The summed E-state index contributed by atoms with van der Waals surface area (Å²) in [6.07, 6.45) is -1.39. The molecule has 1 fully saturated rings. The quantitative estimate of drug-likeness (QED) is 0.545. The van der Waals surface area contributed by atoms with Crippen LogP contribution in [-0.2, 0) is 11.8 Å². The molecule has 1 atom stereocenters. The number of hydrogen-bond acceptors (Lipinski definition) is 5. The first kappa shape index (κ1) is 22.4. The van der Waals surface area contributed by atoms with Gasteiger partial charge in [-0.3, -0.25) is 0 Å². The fourth-order valence-electron chi connectivity index (χ4n) is 4.08. The van der Waals surface area contributed by atoms with Gasteiger partial charge in [-0.15, -0.1) is 0 Å². The first-order valence-electron chi connectivity index (χ1n) is 10.4. The Morgan fingerprint density at radius 1 is 1.09 bits per heavy atom. The van der Waals surface area contributed by atoms with E-state index in [0.29, 0.717) is 28.7 Å². The second-order valence-corrected chi connectivity index (χ2v) is 8.50. The fraction of sp³-hybridized carbons (Fsp3) is 0.391. The molecule has 1 aliphatic heterocycles. The number of piperidine rings is 1. The number of aliphatic hydroxyl groups is 1. The number of fused-ring (bicyclic) bond motifs is 1. The molecule has 0 unspecified atom stereocenters. The lowest BCUT2D eigenvalue weighted by atomic mass is 9.79. The molecule has 0 amide bonds. The van der Waals surface area contributed by atoms with Crippen LogP contribution in [0.1, 0.15) is 31.0 Å². The Kier molecular flexibility index (Phi) is 5.81. The van der Waals surface area contributed by atoms with Gasteiger partial charge >= 0.3 is 6.18 Å². The summed E-state index contributed by atoms with van der Waals surface area (Å²) in [6, 6.07) is 7.25. The van der Waals surface area contributed by atoms with Crippen LogP contribution in [0.4, 0.5) is 29.1 Å². The first-order chi connectivity index (χ1) is 15.0. The molecule has 0 spiro atoms. The predicted molar refractivity (Wildman–Crippen MR) is 114 cm³/mol. The Morgan fingerprint density at radius 3 is 2.50 bits per heavy atom. The van der Waals surface area contributed by atoms with Gasteiger partial charge in [-0.05, 0) is 76.2 Å². The van der Waals surface area contributed by atoms with E-state index in [0.717, 1.165) is 32.0 Å². The van der Waals surface area contributed by atoms with E-state index in [1.165, 1.54) is 12.3 Å². The molecule has 170 valence electrons. The van der Waals surface area contributed by atoms with Gasteiger partial charge in [-0.25, -0.2) is 14.4 Å². The second kappa shape index (κ2) is 8.29. The molecule has 1 aromatic carbocycles. The van der Waals surface area contributed by atoms with Crippen molar-refractivity contribution in [1.82, 2.24) is 14.9 Å². The van der Waals surface area contributed by atoms with Crippen molar-refractivity contribution < 1.29 is 22.7 Å². The van der Waals surface area contributed by atoms with Crippen LogP contribution in [0.2, 0.25) is 0 Å². The first-order valence-corrected chi connectivity index (χ1v) is 10.4. The molecule has 0 bridgehead atoms. The third-order valence-corrected chi connectivity index (χ3v) is 6.16. The van der Waals surface area contributed by atoms with Crippen LogP contribution in [0.25, 0.3) is 10.9 Å². The Morgan fingerprint density at radius 2 is 1.81 bits per heavy atom. The number of halogens is 4. The van der Waals surface area contributed by atoms with E-state index in [4.69, 9.17) is 0 Å². The highest BCUT2D eigenvalue weighted by Crippen LogP contribution is 2.36. The lowest BCUT2D eigenvalue weighted by Gasteiger charge is -2.38. The number of benzene rings is 1. The Labute approximate surface area is 183 Å². The molecule has 4 rings (SSSR count). The zero-order valence-corrected chi connectivity index (χ0v) is 17.7. The van der Waals surface area contributed by atoms with Crippen molar-refractivity contribution in [2.75, 3.05) is 25.5 Å². The Balaban J connectivity index is 1.63. The molecule has 3 aromatic rings. The van der Waals surface area contributed by atoms with Crippen molar-refractivity contribution in [3.8, 4) is 0 Å². The number of nitrogens with one attached hydrogen (secondary N) is 1. The number of aromatic nitrogens is 2. The molecule has 1 saturated heterocycles. The number of anilines is 2. The van der Waals surface area contributed by atoms with E-state index in [9.17, 15) is 22.7 Å². The summed E-state index contributed by atoms with van der Waals surface area (Å²) in [5.74, 6) is -0.617. The summed E-state index contributed by atoms with van der Waals surface area (Å²) in [5, 5.41) is 14.5. The third-order valence-electron chi connectivity index (χ3n) is 6.16. The molecule has 32 heavy (non-hydrogen) atoms. The summed E-state index contributed by atoms with van der Waals surface area (Å²) in [6.45, 7) is 3.55. The van der Waals surface area contributed by atoms with Gasteiger partial charge in [0.25, 0.3) is 0 Å². The van der Waals surface area contributed by atoms with Crippen molar-refractivity contribution in [1.29, 1.82) is 0 Å². The van der Waals surface area contributed by atoms with Gasteiger partial charge in [-0.1, -0.05) is 0 Å². The molecular formula is C23H24F4N4O. The van der Waals surface area contributed by atoms with Crippen molar-refractivity contribution in [3.63, 3.8) is 0 Å². The van der Waals surface area contributed by atoms with Gasteiger partial charge in [0.2, 0.25) is 0 Å². The van der Waals surface area contributed by atoms with E-state index in [1.54, 1.807) is 19.1 Å². The van der Waals surface area contributed by atoms with E-state index >= 15 is 0 Å². The molecule has 2 aromatic heterocycles. The van der Waals surface area contributed by atoms with Crippen molar-refractivity contribution >= 4 is 22.4 Å². The summed E-state index contributed by atoms with van der Waals surface area (Å²) >= 11 is 0. The summed E-state index contributed by atoms with van der Waals surface area (Å²) in [7, 11) is 2.05. The number of hydrogen-bond donors (Lipinski definition) is 2. The van der Waals surface area contributed by atoms with Crippen LogP contribution in [-0.4, -0.2) is 40.1 Å². The Bertz CT molecular complexity index is 1120. The van der Waals surface area contributed by atoms with Crippen molar-refractivity contribution in [3.05, 3.63) is 59.7 Å². The number of likely N-dealkylation sites (tertiary alicyclic amines) is 1. The number of pyridine rings is 2. The van der Waals surface area contributed by atoms with Gasteiger partial charge in [-0.2, -0.15) is 13.2 Å². The van der Waals surface area contributed by atoms with E-state index in [1.807, 2.05) is 7.05 Å². The molecule has 0 saturated carbocycles. The molecule has 0 radical (unpaired) electrons. The van der Waals surface area contributed by atoms with Crippen LogP contribution < -0.4 is 5.32 Å². The number of alkyl halides is 3. The molecular weight excluding hydrogens is 424 g/mol. The maximum absolute atomic E-state index is 14.1. The van der Waals surface area contributed by atoms with Gasteiger partial charge in [0.05, 0.1) is 22.5 Å². The normalized spacial score (nSPS) is 18.0. The van der Waals surface area contributed by atoms with Gasteiger partial charge in [0.1, 0.15) is 17.2 Å². The largest absolute Gasteiger partial charge is 0.416 e. The number of rotatable bonds is 4. The van der Waals surface area contributed by atoms with Crippen LogP contribution in [0.3, 0.4) is 0 Å². The second-order valence-electron chi connectivity index (χ2n) is 8.50. The van der Waals surface area contributed by atoms with Crippen LogP contribution in [0, 0.1) is 11.7 Å². The van der Waals surface area contributed by atoms with Gasteiger partial charge < -0.3 is 15.3 Å². The SMILES string of the molecule is CN1CCC([C@@](C)(O)c2ccc3cnc(Nc4cc(C(F)(F)F)ccc4F)cc3n2)CC1. The zero-order chi connectivity index (χ0) is 23.1. The predicted octanol–water partition coefficient (Wildman–Crippen LogP) is 5.08. The summed E-state index contributed by atoms with van der Waals surface area (Å²) < 4.78 is 53.0. The lowest BCUT2D eigenvalue weighted by Crippen LogP contribution is -2.41. The summed E-state index contributed by atoms with van der Waals surface area (Å²) in [4.78, 5) is 11.0. The molecule has 9 heteroatoms. The number of nitrogens with zero attached hydrogens (tertiary/aromatic N) is 3. The van der Waals surface area contributed by atoms with Gasteiger partial charge in [0, 0.05) is 17.6 Å². The van der Waals surface area contributed by atoms with Crippen molar-refractivity contribution in [2.45, 2.75) is 31.5 Å². The molecule has 5 nitrogen and oxygen atoms in total. The van der Waals surface area contributed by atoms with Crippen LogP contribution in [0.5, 0.6) is 0 Å². The zero-order valence-electron chi connectivity index (χ0n) is 17.7. The van der Waals surface area contributed by atoms with Crippen LogP contribution in [0.15, 0.2) is 42.6 Å². The maximum atomic E-state index is 14.1. The molecule has 2 N–H and O–H groups in total. The van der Waals surface area contributed by atoms with Crippen molar-refractivity contribution in [2.24, 2.45) is 5.92 Å². The highest BCUT2D eigenvalue weighted by molar-refractivity contribution is 5.81. The highest BCUT2D eigenvalue weighted by atomic mass is 19.4. The minimum absolute atomic E-state index is 0.0577. The Hall–Kier alpha value is -2.78. The minimum Gasteiger partial charge on any atom is -0.384 e.